The molecule has 0 amide bonds. The van der Waals surface area contributed by atoms with Gasteiger partial charge < -0.3 is 9.30 Å². The van der Waals surface area contributed by atoms with Gasteiger partial charge in [-0.3, -0.25) is 0 Å². The Morgan fingerprint density at radius 1 is 0.978 bits per heavy atom. The zero-order valence-corrected chi connectivity index (χ0v) is 29.8. The molecule has 5 rings (SSSR count). The first-order chi connectivity index (χ1) is 21.5. The van der Waals surface area contributed by atoms with Crippen LogP contribution in [0.1, 0.15) is 39.7 Å². The average Bonchev–Trinajstić information content (AvgIpc) is 3.56. The monoisotopic (exact) mass is 677 g/mol. The second-order valence-electron chi connectivity index (χ2n) is 13.0. The van der Waals surface area contributed by atoms with Crippen molar-refractivity contribution in [3.05, 3.63) is 94.4 Å². The van der Waals surface area contributed by atoms with Crippen LogP contribution in [0.15, 0.2) is 65.7 Å². The van der Waals surface area contributed by atoms with Gasteiger partial charge in [0.25, 0.3) is 10.0 Å². The van der Waals surface area contributed by atoms with Gasteiger partial charge in [-0.05, 0) is 79.9 Å². The zero-order chi connectivity index (χ0) is 33.6. The fourth-order valence-corrected chi connectivity index (χ4v) is 8.48. The van der Waals surface area contributed by atoms with Gasteiger partial charge >= 0.3 is 0 Å². The standard InChI is InChI=1S/C33H39N5O5S2Si/c1-22-8-11-26(12-9-22)45(41,42)38-15-14-27-30(23(2)18-24(3)32(27)38)31(36-44(4,39)40)33-35-28-13-10-25(20-34)19-29(28)37(33)21-43-16-17-46(5,6)7/h8-15,18-19,31,36H,16-17,21H2,1-7H3. The molecule has 2 heterocycles. The molecule has 13 heteroatoms. The van der Waals surface area contributed by atoms with Crippen molar-refractivity contribution in [3.8, 4) is 6.07 Å². The lowest BCUT2D eigenvalue weighted by molar-refractivity contribution is 0.0873. The summed E-state index contributed by atoms with van der Waals surface area (Å²) in [7, 11) is -9.17. The number of imidazole rings is 1. The van der Waals surface area contributed by atoms with E-state index in [-0.39, 0.29) is 11.6 Å². The van der Waals surface area contributed by atoms with Crippen LogP contribution in [0.4, 0.5) is 0 Å². The van der Waals surface area contributed by atoms with Crippen LogP contribution in [0.3, 0.4) is 0 Å². The summed E-state index contributed by atoms with van der Waals surface area (Å²) in [5, 5.41) is 10.2. The Morgan fingerprint density at radius 2 is 1.67 bits per heavy atom. The van der Waals surface area contributed by atoms with E-state index in [9.17, 15) is 22.1 Å². The van der Waals surface area contributed by atoms with E-state index in [1.807, 2.05) is 26.8 Å². The highest BCUT2D eigenvalue weighted by molar-refractivity contribution is 7.90. The summed E-state index contributed by atoms with van der Waals surface area (Å²) in [6.07, 6.45) is 2.59. The SMILES string of the molecule is Cc1ccc(S(=O)(=O)n2ccc3c(C(NS(C)(=O)=O)c4nc5ccc(C#N)cc5n4COCC[Si](C)(C)C)c(C)cc(C)c32)cc1. The fraction of sp³-hybridized carbons (Fsp3) is 0.333. The second-order valence-corrected chi connectivity index (χ2v) is 22.2. The van der Waals surface area contributed by atoms with Crippen LogP contribution in [0.5, 0.6) is 0 Å². The van der Waals surface area contributed by atoms with Gasteiger partial charge in [-0.2, -0.15) is 5.26 Å². The van der Waals surface area contributed by atoms with Gasteiger partial charge in [0, 0.05) is 26.3 Å². The highest BCUT2D eigenvalue weighted by Gasteiger charge is 2.31. The fourth-order valence-electron chi connectivity index (χ4n) is 5.66. The second kappa shape index (κ2) is 12.4. The lowest BCUT2D eigenvalue weighted by Crippen LogP contribution is -2.31. The van der Waals surface area contributed by atoms with E-state index >= 15 is 0 Å². The number of nitrogens with zero attached hydrogens (tertiary/aromatic N) is 4. The molecular weight excluding hydrogens is 639 g/mol. The Balaban J connectivity index is 1.75. The van der Waals surface area contributed by atoms with E-state index in [1.54, 1.807) is 53.1 Å². The first-order valence-corrected chi connectivity index (χ1v) is 21.9. The van der Waals surface area contributed by atoms with Crippen LogP contribution in [-0.4, -0.2) is 51.3 Å². The van der Waals surface area contributed by atoms with Gasteiger partial charge in [0.05, 0.1) is 39.3 Å². The lowest BCUT2D eigenvalue weighted by Gasteiger charge is -2.23. The van der Waals surface area contributed by atoms with Crippen molar-refractivity contribution >= 4 is 50.1 Å². The van der Waals surface area contributed by atoms with E-state index in [1.165, 1.54) is 10.2 Å². The van der Waals surface area contributed by atoms with Crippen LogP contribution < -0.4 is 4.72 Å². The Kier molecular flexibility index (Phi) is 9.06. The lowest BCUT2D eigenvalue weighted by atomic mass is 9.95. The molecule has 5 aromatic rings. The summed E-state index contributed by atoms with van der Waals surface area (Å²) in [6.45, 7) is 13.0. The molecule has 0 saturated carbocycles. The van der Waals surface area contributed by atoms with E-state index in [0.29, 0.717) is 45.5 Å². The molecule has 0 aliphatic rings. The number of nitriles is 1. The van der Waals surface area contributed by atoms with Crippen molar-refractivity contribution in [1.29, 1.82) is 5.26 Å². The predicted molar refractivity (Wildman–Crippen MR) is 184 cm³/mol. The Hall–Kier alpha value is -3.80. The number of rotatable bonds is 11. The number of fused-ring (bicyclic) bond motifs is 2. The molecule has 242 valence electrons. The van der Waals surface area contributed by atoms with Crippen LogP contribution in [0, 0.1) is 32.1 Å². The van der Waals surface area contributed by atoms with Crippen molar-refractivity contribution in [1.82, 2.24) is 18.2 Å². The molecule has 2 aromatic heterocycles. The maximum Gasteiger partial charge on any atom is 0.268 e. The van der Waals surface area contributed by atoms with Crippen molar-refractivity contribution in [2.45, 2.75) is 64.1 Å². The minimum atomic E-state index is -3.97. The van der Waals surface area contributed by atoms with Crippen LogP contribution >= 0.6 is 0 Å². The molecule has 0 aliphatic heterocycles. The van der Waals surface area contributed by atoms with Gasteiger partial charge in [0.1, 0.15) is 18.6 Å². The molecule has 1 atom stereocenters. The number of nitrogens with one attached hydrogen (secondary N) is 1. The van der Waals surface area contributed by atoms with Crippen molar-refractivity contribution in [2.24, 2.45) is 0 Å². The summed E-state index contributed by atoms with van der Waals surface area (Å²) in [5.74, 6) is 0.367. The molecule has 10 nitrogen and oxygen atoms in total. The van der Waals surface area contributed by atoms with Gasteiger partial charge in [0.2, 0.25) is 10.0 Å². The quantitative estimate of drug-likeness (QED) is 0.134. The number of hydrogen-bond donors (Lipinski definition) is 1. The van der Waals surface area contributed by atoms with Crippen molar-refractivity contribution < 1.29 is 21.6 Å². The smallest absolute Gasteiger partial charge is 0.268 e. The van der Waals surface area contributed by atoms with Crippen LogP contribution in [-0.2, 0) is 31.5 Å². The average molecular weight is 678 g/mol. The summed E-state index contributed by atoms with van der Waals surface area (Å²) in [5.41, 5.74) is 5.07. The van der Waals surface area contributed by atoms with Gasteiger partial charge in [0.15, 0.2) is 0 Å². The minimum absolute atomic E-state index is 0.0873. The number of benzene rings is 3. The normalized spacial score (nSPS) is 13.3. The molecule has 0 aliphatic carbocycles. The van der Waals surface area contributed by atoms with Crippen molar-refractivity contribution in [3.63, 3.8) is 0 Å². The number of aryl methyl sites for hydroxylation is 3. The molecule has 1 unspecified atom stereocenters. The Morgan fingerprint density at radius 3 is 2.30 bits per heavy atom. The zero-order valence-electron chi connectivity index (χ0n) is 27.1. The number of aromatic nitrogens is 3. The Bertz CT molecular complexity index is 2210. The third-order valence-corrected chi connectivity index (χ3v) is 12.0. The maximum absolute atomic E-state index is 13.9. The topological polar surface area (TPSA) is 136 Å². The molecular formula is C33H39N5O5S2Si. The molecule has 0 radical (unpaired) electrons. The molecule has 46 heavy (non-hydrogen) atoms. The van der Waals surface area contributed by atoms with E-state index in [0.717, 1.165) is 29.0 Å². The third-order valence-electron chi connectivity index (χ3n) is 7.95. The van der Waals surface area contributed by atoms with Gasteiger partial charge in [-0.1, -0.05) is 43.4 Å². The molecule has 0 fully saturated rings. The summed E-state index contributed by atoms with van der Waals surface area (Å²) >= 11 is 0. The van der Waals surface area contributed by atoms with Gasteiger partial charge in [-0.15, -0.1) is 0 Å². The van der Waals surface area contributed by atoms with E-state index in [2.05, 4.69) is 30.4 Å². The molecule has 1 N–H and O–H groups in total. The third kappa shape index (κ3) is 6.81. The highest BCUT2D eigenvalue weighted by atomic mass is 32.2. The van der Waals surface area contributed by atoms with Crippen LogP contribution in [0.2, 0.25) is 25.7 Å². The van der Waals surface area contributed by atoms with Gasteiger partial charge in [-0.25, -0.2) is 30.5 Å². The molecule has 0 bridgehead atoms. The maximum atomic E-state index is 13.9. The summed E-state index contributed by atoms with van der Waals surface area (Å²) < 4.78 is 65.7. The molecule has 0 spiro atoms. The summed E-state index contributed by atoms with van der Waals surface area (Å²) in [6, 6.07) is 17.4. The number of sulfonamides is 1. The minimum Gasteiger partial charge on any atom is -0.361 e. The summed E-state index contributed by atoms with van der Waals surface area (Å²) in [4.78, 5) is 5.04. The largest absolute Gasteiger partial charge is 0.361 e. The van der Waals surface area contributed by atoms with Crippen molar-refractivity contribution in [2.75, 3.05) is 12.9 Å². The molecule has 0 saturated heterocycles. The first-order valence-electron chi connectivity index (χ1n) is 14.9. The van der Waals surface area contributed by atoms with E-state index in [4.69, 9.17) is 9.72 Å². The predicted octanol–water partition coefficient (Wildman–Crippen LogP) is 5.98. The molecule has 3 aromatic carbocycles. The number of hydrogen-bond acceptors (Lipinski definition) is 7. The Labute approximate surface area is 271 Å². The number of ether oxygens (including phenoxy) is 1. The highest BCUT2D eigenvalue weighted by Crippen LogP contribution is 2.37. The first kappa shape index (κ1) is 33.6. The van der Waals surface area contributed by atoms with Crippen LogP contribution in [0.25, 0.3) is 21.9 Å². The van der Waals surface area contributed by atoms with E-state index < -0.39 is 34.2 Å².